The van der Waals surface area contributed by atoms with Gasteiger partial charge in [-0.05, 0) is 77.9 Å². The van der Waals surface area contributed by atoms with Crippen LogP contribution in [0.15, 0.2) is 109 Å². The van der Waals surface area contributed by atoms with Gasteiger partial charge < -0.3 is 5.32 Å². The van der Waals surface area contributed by atoms with E-state index in [1.807, 2.05) is 97.1 Å². The molecular formula is C35H28Cl2N2O2. The lowest BCUT2D eigenvalue weighted by Crippen LogP contribution is -2.59. The summed E-state index contributed by atoms with van der Waals surface area (Å²) >= 11 is 12.5. The quantitative estimate of drug-likeness (QED) is 0.241. The molecule has 2 heterocycles. The van der Waals surface area contributed by atoms with Crippen LogP contribution in [0.25, 0.3) is 6.08 Å². The molecule has 204 valence electrons. The van der Waals surface area contributed by atoms with Gasteiger partial charge in [-0.3, -0.25) is 14.9 Å². The van der Waals surface area contributed by atoms with Crippen molar-refractivity contribution in [2.75, 3.05) is 5.32 Å². The smallest absolute Gasteiger partial charge is 0.250 e. The summed E-state index contributed by atoms with van der Waals surface area (Å²) in [4.78, 5) is 29.6. The number of halogens is 2. The van der Waals surface area contributed by atoms with Crippen LogP contribution in [0.5, 0.6) is 0 Å². The van der Waals surface area contributed by atoms with E-state index in [2.05, 4.69) is 22.8 Å². The summed E-state index contributed by atoms with van der Waals surface area (Å²) in [7, 11) is 0. The number of amides is 1. The second-order valence-electron chi connectivity index (χ2n) is 11.2. The molecular weight excluding hydrogens is 551 g/mol. The third-order valence-corrected chi connectivity index (χ3v) is 9.64. The molecule has 1 saturated heterocycles. The Bertz CT molecular complexity index is 1680. The highest BCUT2D eigenvalue weighted by Crippen LogP contribution is 2.67. The average molecular weight is 580 g/mol. The van der Waals surface area contributed by atoms with Crippen molar-refractivity contribution in [1.29, 1.82) is 0 Å². The molecule has 2 spiro atoms. The monoisotopic (exact) mass is 578 g/mol. The molecule has 0 bridgehead atoms. The SMILES string of the molecule is O=C1Nc2ccccc2C12NC(c1ccccc1)C(c1ccc(Cl)cc1)C21CCC/C(=C\c2ccc(Cl)cc2)C1=O. The van der Waals surface area contributed by atoms with E-state index in [9.17, 15) is 4.79 Å². The zero-order valence-corrected chi connectivity index (χ0v) is 23.8. The average Bonchev–Trinajstić information content (AvgIpc) is 3.46. The number of rotatable bonds is 3. The molecule has 1 aliphatic carbocycles. The highest BCUT2D eigenvalue weighted by molar-refractivity contribution is 6.30. The highest BCUT2D eigenvalue weighted by Gasteiger charge is 2.74. The third-order valence-electron chi connectivity index (χ3n) is 9.14. The van der Waals surface area contributed by atoms with E-state index in [0.717, 1.165) is 39.9 Å². The predicted octanol–water partition coefficient (Wildman–Crippen LogP) is 8.09. The van der Waals surface area contributed by atoms with Crippen LogP contribution in [0.4, 0.5) is 5.69 Å². The first-order chi connectivity index (χ1) is 19.9. The van der Waals surface area contributed by atoms with Gasteiger partial charge in [0.2, 0.25) is 5.91 Å². The van der Waals surface area contributed by atoms with E-state index in [1.165, 1.54) is 0 Å². The lowest BCUT2D eigenvalue weighted by atomic mass is 9.52. The van der Waals surface area contributed by atoms with Gasteiger partial charge >= 0.3 is 0 Å². The zero-order valence-electron chi connectivity index (χ0n) is 22.2. The summed E-state index contributed by atoms with van der Waals surface area (Å²) in [6, 6.07) is 32.9. The summed E-state index contributed by atoms with van der Waals surface area (Å²) in [5, 5.41) is 8.23. The Balaban J connectivity index is 1.51. The number of carbonyl (C=O) groups excluding carboxylic acids is 2. The molecule has 41 heavy (non-hydrogen) atoms. The Labute approximate surface area is 249 Å². The van der Waals surface area contributed by atoms with Crippen LogP contribution in [-0.2, 0) is 15.1 Å². The molecule has 4 unspecified atom stereocenters. The molecule has 1 saturated carbocycles. The molecule has 1 amide bonds. The molecule has 4 aromatic carbocycles. The fourth-order valence-corrected chi connectivity index (χ4v) is 7.77. The van der Waals surface area contributed by atoms with E-state index in [-0.39, 0.29) is 23.7 Å². The molecule has 4 nitrogen and oxygen atoms in total. The van der Waals surface area contributed by atoms with Gasteiger partial charge in [0.15, 0.2) is 5.78 Å². The molecule has 0 radical (unpaired) electrons. The van der Waals surface area contributed by atoms with Crippen LogP contribution in [0, 0.1) is 5.41 Å². The van der Waals surface area contributed by atoms with Gasteiger partial charge in [0.1, 0.15) is 5.54 Å². The predicted molar refractivity (Wildman–Crippen MR) is 164 cm³/mol. The van der Waals surface area contributed by atoms with E-state index in [1.54, 1.807) is 0 Å². The van der Waals surface area contributed by atoms with Crippen molar-refractivity contribution in [2.45, 2.75) is 36.8 Å². The number of fused-ring (bicyclic) bond motifs is 3. The number of nitrogens with one attached hydrogen (secondary N) is 2. The second kappa shape index (κ2) is 9.99. The van der Waals surface area contributed by atoms with Crippen molar-refractivity contribution >= 4 is 46.7 Å². The van der Waals surface area contributed by atoms with Crippen molar-refractivity contribution in [3.63, 3.8) is 0 Å². The van der Waals surface area contributed by atoms with Gasteiger partial charge in [0.25, 0.3) is 0 Å². The first-order valence-electron chi connectivity index (χ1n) is 13.9. The van der Waals surface area contributed by atoms with E-state index in [0.29, 0.717) is 22.9 Å². The van der Waals surface area contributed by atoms with Gasteiger partial charge in [-0.2, -0.15) is 0 Å². The summed E-state index contributed by atoms with van der Waals surface area (Å²) in [6.07, 6.45) is 3.96. The molecule has 2 fully saturated rings. The first-order valence-corrected chi connectivity index (χ1v) is 14.7. The van der Waals surface area contributed by atoms with Crippen LogP contribution in [-0.4, -0.2) is 11.7 Å². The minimum atomic E-state index is -1.26. The Hall–Kier alpha value is -3.70. The maximum atomic E-state index is 15.2. The molecule has 3 aliphatic rings. The van der Waals surface area contributed by atoms with Crippen molar-refractivity contribution in [3.8, 4) is 0 Å². The molecule has 0 aromatic heterocycles. The Morgan fingerprint density at radius 2 is 1.41 bits per heavy atom. The standard InChI is InChI=1S/C35H28Cl2N2O2/c36-26-16-12-22(13-17-26)21-25-9-6-20-34(32(25)40)30(23-14-18-27(37)19-15-23)31(24-7-2-1-3-8-24)39-35(34)28-10-4-5-11-29(28)38-33(35)41/h1-5,7-8,10-19,21,30-31,39H,6,9,20H2,(H,38,41)/b25-21+. The lowest BCUT2D eigenvalue weighted by Gasteiger charge is -2.47. The maximum Gasteiger partial charge on any atom is 0.250 e. The van der Waals surface area contributed by atoms with E-state index >= 15 is 4.79 Å². The number of ketones is 1. The minimum absolute atomic E-state index is 0.0106. The number of hydrogen-bond acceptors (Lipinski definition) is 3. The largest absolute Gasteiger partial charge is 0.324 e. The fourth-order valence-electron chi connectivity index (χ4n) is 7.51. The van der Waals surface area contributed by atoms with Gasteiger partial charge in [-0.1, -0.05) is 96.0 Å². The third kappa shape index (κ3) is 3.93. The molecule has 4 atom stereocenters. The van der Waals surface area contributed by atoms with E-state index in [4.69, 9.17) is 23.2 Å². The zero-order chi connectivity index (χ0) is 28.2. The molecule has 2 N–H and O–H groups in total. The summed E-state index contributed by atoms with van der Waals surface area (Å²) in [5.74, 6) is -0.505. The molecule has 7 rings (SSSR count). The minimum Gasteiger partial charge on any atom is -0.324 e. The van der Waals surface area contributed by atoms with Crippen molar-refractivity contribution in [2.24, 2.45) is 5.41 Å². The number of anilines is 1. The number of benzene rings is 4. The van der Waals surface area contributed by atoms with Crippen LogP contribution < -0.4 is 10.6 Å². The van der Waals surface area contributed by atoms with Gasteiger partial charge in [0, 0.05) is 33.3 Å². The number of allylic oxidation sites excluding steroid dienone is 1. The Morgan fingerprint density at radius 3 is 2.15 bits per heavy atom. The van der Waals surface area contributed by atoms with Gasteiger partial charge in [-0.15, -0.1) is 0 Å². The normalized spacial score (nSPS) is 27.9. The van der Waals surface area contributed by atoms with Crippen LogP contribution in [0.1, 0.15) is 53.5 Å². The van der Waals surface area contributed by atoms with Gasteiger partial charge in [0.05, 0.1) is 5.41 Å². The summed E-state index contributed by atoms with van der Waals surface area (Å²) in [6.45, 7) is 0. The molecule has 4 aromatic rings. The number of Topliss-reactive ketones (excluding diaryl/α,β-unsaturated/α-hetero) is 1. The summed E-state index contributed by atoms with van der Waals surface area (Å²) in [5.41, 5.74) is 2.87. The Morgan fingerprint density at radius 1 is 0.756 bits per heavy atom. The second-order valence-corrected chi connectivity index (χ2v) is 12.1. The Kier molecular flexibility index (Phi) is 6.39. The van der Waals surface area contributed by atoms with Crippen LogP contribution >= 0.6 is 23.2 Å². The number of para-hydroxylation sites is 1. The van der Waals surface area contributed by atoms with Crippen LogP contribution in [0.3, 0.4) is 0 Å². The van der Waals surface area contributed by atoms with Crippen molar-refractivity contribution in [1.82, 2.24) is 5.32 Å². The van der Waals surface area contributed by atoms with Crippen LogP contribution in [0.2, 0.25) is 10.0 Å². The van der Waals surface area contributed by atoms with Crippen molar-refractivity contribution in [3.05, 3.63) is 141 Å². The van der Waals surface area contributed by atoms with E-state index < -0.39 is 11.0 Å². The highest BCUT2D eigenvalue weighted by atomic mass is 35.5. The first kappa shape index (κ1) is 26.2. The lowest BCUT2D eigenvalue weighted by molar-refractivity contribution is -0.140. The maximum absolute atomic E-state index is 15.2. The van der Waals surface area contributed by atoms with Crippen molar-refractivity contribution < 1.29 is 9.59 Å². The van der Waals surface area contributed by atoms with Gasteiger partial charge in [-0.25, -0.2) is 0 Å². The number of hydrogen-bond donors (Lipinski definition) is 2. The topological polar surface area (TPSA) is 58.2 Å². The summed E-state index contributed by atoms with van der Waals surface area (Å²) < 4.78 is 0. The number of carbonyl (C=O) groups is 2. The molecule has 6 heteroatoms. The molecule has 2 aliphatic heterocycles. The fraction of sp³-hybridized carbons (Fsp3) is 0.200.